The van der Waals surface area contributed by atoms with Gasteiger partial charge in [0.05, 0.1) is 22.2 Å². The predicted molar refractivity (Wildman–Crippen MR) is 94.2 cm³/mol. The molecule has 0 fully saturated rings. The van der Waals surface area contributed by atoms with Crippen molar-refractivity contribution in [3.63, 3.8) is 0 Å². The highest BCUT2D eigenvalue weighted by molar-refractivity contribution is 6.30. The number of halogens is 1. The minimum absolute atomic E-state index is 0.00792. The quantitative estimate of drug-likeness (QED) is 0.432. The summed E-state index contributed by atoms with van der Waals surface area (Å²) >= 11 is 5.92. The number of amides is 1. The zero-order chi connectivity index (χ0) is 17.8. The molecule has 0 saturated heterocycles. The number of fused-ring (bicyclic) bond motifs is 1. The number of rotatable bonds is 5. The zero-order valence-corrected chi connectivity index (χ0v) is 13.7. The molecule has 8 heteroatoms. The Labute approximate surface area is 147 Å². The van der Waals surface area contributed by atoms with Crippen molar-refractivity contribution >= 4 is 34.9 Å². The van der Waals surface area contributed by atoms with E-state index in [4.69, 9.17) is 11.6 Å². The topological polar surface area (TPSA) is 89.5 Å². The fourth-order valence-corrected chi connectivity index (χ4v) is 2.39. The van der Waals surface area contributed by atoms with Crippen LogP contribution in [0.25, 0.3) is 11.7 Å². The highest BCUT2D eigenvalue weighted by Crippen LogP contribution is 2.13. The van der Waals surface area contributed by atoms with Crippen LogP contribution in [0.3, 0.4) is 0 Å². The van der Waals surface area contributed by atoms with Crippen LogP contribution in [0, 0.1) is 10.1 Å². The number of non-ortho nitro benzene ring substituents is 1. The Morgan fingerprint density at radius 2 is 2.00 bits per heavy atom. The van der Waals surface area contributed by atoms with Gasteiger partial charge in [-0.05, 0) is 35.9 Å². The zero-order valence-electron chi connectivity index (χ0n) is 12.9. The molecule has 3 aromatic rings. The van der Waals surface area contributed by atoms with Crippen LogP contribution in [-0.4, -0.2) is 20.2 Å². The maximum Gasteiger partial charge on any atom is 0.269 e. The molecule has 1 amide bonds. The first kappa shape index (κ1) is 16.7. The van der Waals surface area contributed by atoms with Gasteiger partial charge in [0.2, 0.25) is 5.91 Å². The first-order valence-electron chi connectivity index (χ1n) is 7.35. The average Bonchev–Trinajstić information content (AvgIpc) is 3.00. The van der Waals surface area contributed by atoms with Gasteiger partial charge in [0, 0.05) is 30.6 Å². The van der Waals surface area contributed by atoms with Gasteiger partial charge >= 0.3 is 0 Å². The Bertz CT molecular complexity index is 964. The number of hydrogen-bond acceptors (Lipinski definition) is 4. The van der Waals surface area contributed by atoms with Gasteiger partial charge in [0.15, 0.2) is 0 Å². The molecule has 1 aromatic carbocycles. The fourth-order valence-electron chi connectivity index (χ4n) is 2.22. The van der Waals surface area contributed by atoms with Gasteiger partial charge in [0.25, 0.3) is 5.69 Å². The van der Waals surface area contributed by atoms with Gasteiger partial charge in [-0.25, -0.2) is 4.98 Å². The summed E-state index contributed by atoms with van der Waals surface area (Å²) in [5.74, 6) is -0.284. The molecule has 0 bridgehead atoms. The molecule has 3 rings (SSSR count). The lowest BCUT2D eigenvalue weighted by molar-refractivity contribution is -0.384. The Balaban J connectivity index is 1.58. The van der Waals surface area contributed by atoms with Crippen molar-refractivity contribution < 1.29 is 9.72 Å². The molecule has 0 aliphatic carbocycles. The molecule has 0 aliphatic heterocycles. The molecule has 25 heavy (non-hydrogen) atoms. The maximum absolute atomic E-state index is 11.9. The van der Waals surface area contributed by atoms with Crippen molar-refractivity contribution in [2.75, 3.05) is 0 Å². The molecule has 2 aromatic heterocycles. The van der Waals surface area contributed by atoms with Crippen molar-refractivity contribution in [2.45, 2.75) is 6.54 Å². The summed E-state index contributed by atoms with van der Waals surface area (Å²) in [5, 5.41) is 13.9. The van der Waals surface area contributed by atoms with E-state index in [1.165, 1.54) is 18.2 Å². The molecule has 126 valence electrons. The Morgan fingerprint density at radius 1 is 1.24 bits per heavy atom. The van der Waals surface area contributed by atoms with Crippen molar-refractivity contribution in [1.29, 1.82) is 0 Å². The standard InChI is InChI=1S/C17H13ClN4O3/c18-13-4-7-16-20-14(11-21(16)10-13)9-19-17(23)8-3-12-1-5-15(6-2-12)22(24)25/h1-8,10-11H,9H2,(H,19,23)/b8-3+. The van der Waals surface area contributed by atoms with E-state index in [-0.39, 0.29) is 18.1 Å². The first-order valence-corrected chi connectivity index (χ1v) is 7.72. The highest BCUT2D eigenvalue weighted by Gasteiger charge is 2.04. The number of benzene rings is 1. The van der Waals surface area contributed by atoms with Crippen LogP contribution in [0.5, 0.6) is 0 Å². The van der Waals surface area contributed by atoms with Gasteiger partial charge < -0.3 is 9.72 Å². The van der Waals surface area contributed by atoms with Gasteiger partial charge in [-0.2, -0.15) is 0 Å². The normalized spacial score (nSPS) is 11.1. The number of pyridine rings is 1. The summed E-state index contributed by atoms with van der Waals surface area (Å²) in [4.78, 5) is 26.4. The summed E-state index contributed by atoms with van der Waals surface area (Å²) in [6.45, 7) is 0.280. The molecule has 0 spiro atoms. The summed E-state index contributed by atoms with van der Waals surface area (Å²) in [5.41, 5.74) is 2.16. The Kier molecular flexibility index (Phi) is 4.76. The van der Waals surface area contributed by atoms with Gasteiger partial charge in [-0.3, -0.25) is 14.9 Å². The SMILES string of the molecule is O=C(/C=C/c1ccc([N+](=O)[O-])cc1)NCc1cn2cc(Cl)ccc2n1. The van der Waals surface area contributed by atoms with Crippen LogP contribution in [0.2, 0.25) is 5.02 Å². The third-order valence-electron chi connectivity index (χ3n) is 3.44. The van der Waals surface area contributed by atoms with E-state index >= 15 is 0 Å². The van der Waals surface area contributed by atoms with Gasteiger partial charge in [-0.1, -0.05) is 11.6 Å². The molecule has 0 unspecified atom stereocenters. The lowest BCUT2D eigenvalue weighted by atomic mass is 10.2. The molecule has 7 nitrogen and oxygen atoms in total. The number of carbonyl (C=O) groups is 1. The molecule has 1 N–H and O–H groups in total. The number of nitro benzene ring substituents is 1. The monoisotopic (exact) mass is 356 g/mol. The number of imidazole rings is 1. The van der Waals surface area contributed by atoms with Crippen LogP contribution in [-0.2, 0) is 11.3 Å². The van der Waals surface area contributed by atoms with Crippen molar-refractivity contribution in [3.05, 3.63) is 81.3 Å². The smallest absolute Gasteiger partial charge is 0.269 e. The fraction of sp³-hybridized carbons (Fsp3) is 0.0588. The second kappa shape index (κ2) is 7.14. The number of carbonyl (C=O) groups excluding carboxylic acids is 1. The van der Waals surface area contributed by atoms with Gasteiger partial charge in [0.1, 0.15) is 5.65 Å². The van der Waals surface area contributed by atoms with Crippen LogP contribution in [0.1, 0.15) is 11.3 Å². The summed E-state index contributed by atoms with van der Waals surface area (Å²) < 4.78 is 1.79. The van der Waals surface area contributed by atoms with E-state index in [2.05, 4.69) is 10.3 Å². The summed E-state index contributed by atoms with van der Waals surface area (Å²) in [7, 11) is 0. The number of hydrogen-bond donors (Lipinski definition) is 1. The first-order chi connectivity index (χ1) is 12.0. The van der Waals surface area contributed by atoms with E-state index in [0.29, 0.717) is 16.3 Å². The molecule has 2 heterocycles. The second-order valence-electron chi connectivity index (χ2n) is 5.24. The lowest BCUT2D eigenvalue weighted by Crippen LogP contribution is -2.20. The number of nitrogens with zero attached hydrogens (tertiary/aromatic N) is 3. The maximum atomic E-state index is 11.9. The molecule has 0 aliphatic rings. The van der Waals surface area contributed by atoms with E-state index in [1.807, 2.05) is 0 Å². The van der Waals surface area contributed by atoms with E-state index in [1.54, 1.807) is 47.1 Å². The average molecular weight is 357 g/mol. The lowest BCUT2D eigenvalue weighted by Gasteiger charge is -1.98. The third kappa shape index (κ3) is 4.21. The van der Waals surface area contributed by atoms with Crippen LogP contribution in [0.15, 0.2) is 54.9 Å². The molecule has 0 atom stereocenters. The summed E-state index contributed by atoms with van der Waals surface area (Å²) in [6, 6.07) is 9.47. The molecular weight excluding hydrogens is 344 g/mol. The van der Waals surface area contributed by atoms with Crippen LogP contribution in [0.4, 0.5) is 5.69 Å². The summed E-state index contributed by atoms with van der Waals surface area (Å²) in [6.07, 6.45) is 6.49. The molecule has 0 radical (unpaired) electrons. The number of nitrogens with one attached hydrogen (secondary N) is 1. The third-order valence-corrected chi connectivity index (χ3v) is 3.66. The minimum Gasteiger partial charge on any atom is -0.347 e. The predicted octanol–water partition coefficient (Wildman–Crippen LogP) is 3.23. The van der Waals surface area contributed by atoms with E-state index in [0.717, 1.165) is 5.65 Å². The van der Waals surface area contributed by atoms with Crippen molar-refractivity contribution in [2.24, 2.45) is 0 Å². The largest absolute Gasteiger partial charge is 0.347 e. The second-order valence-corrected chi connectivity index (χ2v) is 5.68. The van der Waals surface area contributed by atoms with Crippen LogP contribution < -0.4 is 5.32 Å². The molecule has 0 saturated carbocycles. The van der Waals surface area contributed by atoms with E-state index in [9.17, 15) is 14.9 Å². The molecular formula is C17H13ClN4O3. The number of aromatic nitrogens is 2. The minimum atomic E-state index is -0.470. The Hall–Kier alpha value is -3.19. The van der Waals surface area contributed by atoms with Crippen LogP contribution >= 0.6 is 11.6 Å². The highest BCUT2D eigenvalue weighted by atomic mass is 35.5. The van der Waals surface area contributed by atoms with E-state index < -0.39 is 4.92 Å². The van der Waals surface area contributed by atoms with Crippen molar-refractivity contribution in [1.82, 2.24) is 14.7 Å². The number of nitro groups is 1. The van der Waals surface area contributed by atoms with Crippen molar-refractivity contribution in [3.8, 4) is 0 Å². The Morgan fingerprint density at radius 3 is 2.72 bits per heavy atom. The van der Waals surface area contributed by atoms with Gasteiger partial charge in [-0.15, -0.1) is 0 Å².